The van der Waals surface area contributed by atoms with Crippen LogP contribution >= 0.6 is 0 Å². The minimum absolute atomic E-state index is 0.0963. The van der Waals surface area contributed by atoms with E-state index in [1.54, 1.807) is 0 Å². The first-order valence-corrected chi connectivity index (χ1v) is 12.2. The molecule has 0 radical (unpaired) electrons. The van der Waals surface area contributed by atoms with E-state index in [1.165, 1.54) is 0 Å². The molecule has 0 spiro atoms. The molecular weight excluding hydrogens is 431 g/mol. The van der Waals surface area contributed by atoms with Crippen LogP contribution in [-0.4, -0.2) is 74.3 Å². The molecule has 0 amide bonds. The van der Waals surface area contributed by atoms with Crippen LogP contribution < -0.4 is 16.0 Å². The van der Waals surface area contributed by atoms with Crippen molar-refractivity contribution in [3.05, 3.63) is 0 Å². The molecule has 9 atom stereocenters. The number of nitrogens with one attached hydrogen (secondary N) is 3. The molecule has 4 rings (SSSR count). The van der Waals surface area contributed by atoms with Crippen molar-refractivity contribution in [1.82, 2.24) is 20.9 Å². The quantitative estimate of drug-likeness (QED) is 0.541. The van der Waals surface area contributed by atoms with Crippen LogP contribution in [-0.2, 0) is 4.74 Å². The van der Waals surface area contributed by atoms with Crippen molar-refractivity contribution < 1.29 is 26.7 Å². The van der Waals surface area contributed by atoms with Gasteiger partial charge < -0.3 is 10.1 Å². The first-order valence-electron chi connectivity index (χ1n) is 12.2. The maximum absolute atomic E-state index is 15.5. The van der Waals surface area contributed by atoms with E-state index in [4.69, 9.17) is 4.74 Å². The normalized spacial score (nSPS) is 44.6. The molecule has 4 fully saturated rings. The van der Waals surface area contributed by atoms with Crippen molar-refractivity contribution in [2.24, 2.45) is 17.8 Å². The summed E-state index contributed by atoms with van der Waals surface area (Å²) in [5, 5.41) is 9.65. The molecule has 1 saturated carbocycles. The lowest BCUT2D eigenvalue weighted by molar-refractivity contribution is -0.202. The standard InChI is InChI=1S/C22H37F5N4O/c1-13-4-5-14(10-28-13)11-32-21-19(24)20(29-12-30-21)31-8-2-3-18(31)15-6-7-16(17(23)9-15)22(25,26)27/h13-21,28-30H,2-12H2,1H3. The second kappa shape index (κ2) is 10.4. The average Bonchev–Trinajstić information content (AvgIpc) is 3.23. The number of rotatable bonds is 5. The summed E-state index contributed by atoms with van der Waals surface area (Å²) in [6.45, 7) is 4.56. The van der Waals surface area contributed by atoms with Crippen LogP contribution in [0, 0.1) is 17.8 Å². The van der Waals surface area contributed by atoms with Crippen molar-refractivity contribution in [2.75, 3.05) is 26.4 Å². The van der Waals surface area contributed by atoms with Crippen molar-refractivity contribution in [2.45, 2.75) is 94.9 Å². The highest BCUT2D eigenvalue weighted by Gasteiger charge is 2.51. The Hall–Kier alpha value is -0.550. The maximum Gasteiger partial charge on any atom is 0.394 e. The minimum atomic E-state index is -4.49. The Morgan fingerprint density at radius 2 is 1.81 bits per heavy atom. The summed E-state index contributed by atoms with van der Waals surface area (Å²) in [4.78, 5) is 2.02. The second-order valence-electron chi connectivity index (χ2n) is 10.2. The molecule has 3 saturated heterocycles. The van der Waals surface area contributed by atoms with E-state index in [9.17, 15) is 17.6 Å². The summed E-state index contributed by atoms with van der Waals surface area (Å²) in [5.74, 6) is -1.68. The first-order chi connectivity index (χ1) is 15.2. The van der Waals surface area contributed by atoms with Crippen molar-refractivity contribution in [3.8, 4) is 0 Å². The van der Waals surface area contributed by atoms with Gasteiger partial charge in [-0.25, -0.2) is 8.78 Å². The van der Waals surface area contributed by atoms with E-state index in [1.807, 2.05) is 4.90 Å². The second-order valence-corrected chi connectivity index (χ2v) is 10.2. The summed E-state index contributed by atoms with van der Waals surface area (Å²) in [5.41, 5.74) is 0. The van der Waals surface area contributed by atoms with Gasteiger partial charge in [-0.2, -0.15) is 13.2 Å². The SMILES string of the molecule is CC1CCC(COC2NCNC(N3CCCC3C3CCC(C(F)(F)F)C(F)C3)C2F)CN1. The third kappa shape index (κ3) is 5.56. The predicted molar refractivity (Wildman–Crippen MR) is 111 cm³/mol. The Morgan fingerprint density at radius 3 is 2.50 bits per heavy atom. The Labute approximate surface area is 187 Å². The van der Waals surface area contributed by atoms with Gasteiger partial charge in [0, 0.05) is 31.8 Å². The fourth-order valence-electron chi connectivity index (χ4n) is 6.08. The molecule has 186 valence electrons. The predicted octanol–water partition coefficient (Wildman–Crippen LogP) is 3.31. The van der Waals surface area contributed by atoms with Gasteiger partial charge in [-0.15, -0.1) is 0 Å². The van der Waals surface area contributed by atoms with Gasteiger partial charge in [-0.3, -0.25) is 15.5 Å². The summed E-state index contributed by atoms with van der Waals surface area (Å²) in [7, 11) is 0. The number of hydrogen-bond acceptors (Lipinski definition) is 5. The molecule has 9 unspecified atom stereocenters. The van der Waals surface area contributed by atoms with Crippen molar-refractivity contribution in [1.29, 1.82) is 0 Å². The molecule has 3 N–H and O–H groups in total. The molecular formula is C22H37F5N4O. The molecule has 0 aromatic heterocycles. The van der Waals surface area contributed by atoms with Crippen LogP contribution in [0.4, 0.5) is 22.0 Å². The van der Waals surface area contributed by atoms with Crippen LogP contribution in [0.2, 0.25) is 0 Å². The minimum Gasteiger partial charge on any atom is -0.360 e. The lowest BCUT2D eigenvalue weighted by Gasteiger charge is -2.45. The van der Waals surface area contributed by atoms with Gasteiger partial charge in [0.25, 0.3) is 0 Å². The summed E-state index contributed by atoms with van der Waals surface area (Å²) in [6, 6.07) is 0.407. The zero-order valence-corrected chi connectivity index (χ0v) is 18.7. The van der Waals surface area contributed by atoms with Gasteiger partial charge in [0.15, 0.2) is 6.17 Å². The Morgan fingerprint density at radius 1 is 1.00 bits per heavy atom. The van der Waals surface area contributed by atoms with Crippen LogP contribution in [0.25, 0.3) is 0 Å². The summed E-state index contributed by atoms with van der Waals surface area (Å²) < 4.78 is 75.0. The van der Waals surface area contributed by atoms with Gasteiger partial charge in [-0.05, 0) is 63.7 Å². The number of hydrogen-bond donors (Lipinski definition) is 3. The molecule has 3 heterocycles. The van der Waals surface area contributed by atoms with E-state index in [-0.39, 0.29) is 24.8 Å². The van der Waals surface area contributed by atoms with Crippen LogP contribution in [0.3, 0.4) is 0 Å². The maximum atomic E-state index is 15.5. The fourth-order valence-corrected chi connectivity index (χ4v) is 6.08. The number of piperidine rings is 1. The smallest absolute Gasteiger partial charge is 0.360 e. The van der Waals surface area contributed by atoms with Crippen molar-refractivity contribution in [3.63, 3.8) is 0 Å². The molecule has 3 aliphatic heterocycles. The number of likely N-dealkylation sites (tertiary alicyclic amines) is 1. The zero-order valence-electron chi connectivity index (χ0n) is 18.7. The highest BCUT2D eigenvalue weighted by molar-refractivity contribution is 4.97. The number of ether oxygens (including phenoxy) is 1. The highest BCUT2D eigenvalue weighted by atomic mass is 19.4. The highest BCUT2D eigenvalue weighted by Crippen LogP contribution is 2.44. The van der Waals surface area contributed by atoms with Gasteiger partial charge in [0.2, 0.25) is 0 Å². The van der Waals surface area contributed by atoms with E-state index in [0.29, 0.717) is 38.2 Å². The lowest BCUT2D eigenvalue weighted by Crippen LogP contribution is -2.67. The third-order valence-electron chi connectivity index (χ3n) is 7.96. The van der Waals surface area contributed by atoms with Gasteiger partial charge >= 0.3 is 6.18 Å². The van der Waals surface area contributed by atoms with Crippen LogP contribution in [0.5, 0.6) is 0 Å². The zero-order chi connectivity index (χ0) is 22.9. The van der Waals surface area contributed by atoms with E-state index < -0.39 is 36.8 Å². The molecule has 4 aliphatic rings. The number of halogens is 5. The van der Waals surface area contributed by atoms with Gasteiger partial charge in [0.1, 0.15) is 12.4 Å². The van der Waals surface area contributed by atoms with E-state index >= 15 is 4.39 Å². The number of nitrogens with zero attached hydrogens (tertiary/aromatic N) is 1. The van der Waals surface area contributed by atoms with E-state index in [2.05, 4.69) is 22.9 Å². The molecule has 0 bridgehead atoms. The Balaban J connectivity index is 1.33. The monoisotopic (exact) mass is 468 g/mol. The first kappa shape index (κ1) is 24.6. The summed E-state index contributed by atoms with van der Waals surface area (Å²) in [6.07, 6.45) is -5.17. The average molecular weight is 469 g/mol. The van der Waals surface area contributed by atoms with Crippen molar-refractivity contribution >= 4 is 0 Å². The lowest BCUT2D eigenvalue weighted by atomic mass is 9.76. The molecule has 5 nitrogen and oxygen atoms in total. The molecule has 0 aromatic rings. The Kier molecular flexibility index (Phi) is 7.97. The molecule has 10 heteroatoms. The van der Waals surface area contributed by atoms with Crippen LogP contribution in [0.1, 0.15) is 51.9 Å². The van der Waals surface area contributed by atoms with Crippen LogP contribution in [0.15, 0.2) is 0 Å². The van der Waals surface area contributed by atoms with Gasteiger partial charge in [-0.1, -0.05) is 0 Å². The van der Waals surface area contributed by atoms with E-state index in [0.717, 1.165) is 32.2 Å². The topological polar surface area (TPSA) is 48.6 Å². The Bertz CT molecular complexity index is 603. The number of alkyl halides is 5. The van der Waals surface area contributed by atoms with Gasteiger partial charge in [0.05, 0.1) is 18.7 Å². The molecule has 32 heavy (non-hydrogen) atoms. The fraction of sp³-hybridized carbons (Fsp3) is 1.00. The third-order valence-corrected chi connectivity index (χ3v) is 7.96. The molecule has 0 aromatic carbocycles. The molecule has 1 aliphatic carbocycles. The summed E-state index contributed by atoms with van der Waals surface area (Å²) >= 11 is 0. The largest absolute Gasteiger partial charge is 0.394 e.